The van der Waals surface area contributed by atoms with Crippen LogP contribution in [-0.4, -0.2) is 34.9 Å². The number of hydrogen-bond acceptors (Lipinski definition) is 5. The average molecular weight is 430 g/mol. The van der Waals surface area contributed by atoms with Gasteiger partial charge < -0.3 is 15.5 Å². The summed E-state index contributed by atoms with van der Waals surface area (Å²) in [6.45, 7) is 5.59. The summed E-state index contributed by atoms with van der Waals surface area (Å²) in [5.41, 5.74) is 1.16. The third-order valence-corrected chi connectivity index (χ3v) is 6.06. The zero-order chi connectivity index (χ0) is 21.4. The van der Waals surface area contributed by atoms with Crippen LogP contribution in [0.2, 0.25) is 5.02 Å². The second-order valence-electron chi connectivity index (χ2n) is 8.10. The van der Waals surface area contributed by atoms with Crippen molar-refractivity contribution in [3.8, 4) is 0 Å². The maximum atomic E-state index is 12.9. The van der Waals surface area contributed by atoms with Gasteiger partial charge in [-0.2, -0.15) is 4.98 Å². The van der Waals surface area contributed by atoms with Crippen molar-refractivity contribution in [1.82, 2.24) is 9.97 Å². The fourth-order valence-corrected chi connectivity index (χ4v) is 4.20. The molecule has 0 spiro atoms. The molecule has 2 aliphatic heterocycles. The number of H-pyrrole nitrogens is 1. The second kappa shape index (κ2) is 8.10. The van der Waals surface area contributed by atoms with Gasteiger partial charge in [0, 0.05) is 30.2 Å². The third kappa shape index (κ3) is 4.05. The van der Waals surface area contributed by atoms with Crippen LogP contribution in [0.15, 0.2) is 23.0 Å². The number of carbonyl (C=O) groups is 2. The molecule has 2 aromatic rings. The second-order valence-corrected chi connectivity index (χ2v) is 8.51. The Hall–Kier alpha value is -2.87. The Balaban J connectivity index is 1.64. The number of fused-ring (bicyclic) bond motifs is 1. The Morgan fingerprint density at radius 3 is 2.87 bits per heavy atom. The van der Waals surface area contributed by atoms with Crippen LogP contribution in [0.3, 0.4) is 0 Å². The van der Waals surface area contributed by atoms with Crippen LogP contribution in [0.4, 0.5) is 17.5 Å². The van der Waals surface area contributed by atoms with Crippen LogP contribution in [0, 0.1) is 12.8 Å². The molecular weight excluding hydrogens is 406 g/mol. The molecule has 0 aliphatic carbocycles. The van der Waals surface area contributed by atoms with Crippen molar-refractivity contribution < 1.29 is 9.59 Å². The molecule has 1 saturated heterocycles. The molecule has 0 unspecified atom stereocenters. The number of hydrogen-bond donors (Lipinski definition) is 3. The van der Waals surface area contributed by atoms with E-state index in [-0.39, 0.29) is 23.7 Å². The number of halogens is 1. The predicted molar refractivity (Wildman–Crippen MR) is 116 cm³/mol. The summed E-state index contributed by atoms with van der Waals surface area (Å²) in [5.74, 6) is -0.644. The molecule has 9 heteroatoms. The minimum Gasteiger partial charge on any atom is -0.342 e. The summed E-state index contributed by atoms with van der Waals surface area (Å²) in [4.78, 5) is 47.4. The van der Waals surface area contributed by atoms with Crippen molar-refractivity contribution in [2.45, 2.75) is 39.0 Å². The standard InChI is InChI=1S/C21H24ClN5O3/c1-11-4-3-7-27(10-11)21-25-18-17(20(30)26-21)14(9-16(28)24-18)19(29)23-13-6-5-12(2)15(22)8-13/h5-6,8,11,14H,3-4,7,9-10H2,1-2H3,(H,23,29)(H2,24,25,26,28,30)/t11-,14-/m0/s1. The Labute approximate surface area is 179 Å². The zero-order valence-electron chi connectivity index (χ0n) is 16.9. The number of benzene rings is 1. The summed E-state index contributed by atoms with van der Waals surface area (Å²) >= 11 is 6.13. The highest BCUT2D eigenvalue weighted by atomic mass is 35.5. The molecule has 0 bridgehead atoms. The van der Waals surface area contributed by atoms with E-state index in [1.54, 1.807) is 18.2 Å². The molecule has 4 rings (SSSR count). The molecule has 1 aromatic carbocycles. The van der Waals surface area contributed by atoms with Crippen LogP contribution in [0.1, 0.15) is 43.2 Å². The van der Waals surface area contributed by atoms with E-state index in [4.69, 9.17) is 11.6 Å². The summed E-state index contributed by atoms with van der Waals surface area (Å²) in [7, 11) is 0. The van der Waals surface area contributed by atoms with E-state index >= 15 is 0 Å². The molecule has 3 heterocycles. The maximum Gasteiger partial charge on any atom is 0.258 e. The Bertz CT molecular complexity index is 1070. The number of piperidine rings is 1. The lowest BCUT2D eigenvalue weighted by Gasteiger charge is -2.32. The molecule has 158 valence electrons. The Kier molecular flexibility index (Phi) is 5.51. The molecule has 2 amide bonds. The highest BCUT2D eigenvalue weighted by Crippen LogP contribution is 2.31. The summed E-state index contributed by atoms with van der Waals surface area (Å²) in [6.07, 6.45) is 2.02. The van der Waals surface area contributed by atoms with Gasteiger partial charge in [0.05, 0.1) is 11.5 Å². The highest BCUT2D eigenvalue weighted by Gasteiger charge is 2.35. The lowest BCUT2D eigenvalue weighted by atomic mass is 9.92. The van der Waals surface area contributed by atoms with Crippen LogP contribution in [0.25, 0.3) is 0 Å². The number of aromatic nitrogens is 2. The minimum atomic E-state index is -0.931. The summed E-state index contributed by atoms with van der Waals surface area (Å²) in [5, 5.41) is 5.94. The first kappa shape index (κ1) is 20.4. The molecule has 8 nitrogen and oxygen atoms in total. The number of rotatable bonds is 3. The molecule has 1 fully saturated rings. The maximum absolute atomic E-state index is 12.9. The van der Waals surface area contributed by atoms with Gasteiger partial charge in [-0.05, 0) is 43.4 Å². The van der Waals surface area contributed by atoms with Gasteiger partial charge in [0.15, 0.2) is 0 Å². The first-order valence-electron chi connectivity index (χ1n) is 10.1. The van der Waals surface area contributed by atoms with Gasteiger partial charge in [-0.1, -0.05) is 24.6 Å². The Morgan fingerprint density at radius 1 is 1.33 bits per heavy atom. The summed E-state index contributed by atoms with van der Waals surface area (Å²) < 4.78 is 0. The molecule has 0 saturated carbocycles. The van der Waals surface area contributed by atoms with Crippen molar-refractivity contribution in [2.75, 3.05) is 28.6 Å². The van der Waals surface area contributed by atoms with Gasteiger partial charge in [-0.25, -0.2) is 0 Å². The lowest BCUT2D eigenvalue weighted by Crippen LogP contribution is -2.40. The fraction of sp³-hybridized carbons (Fsp3) is 0.429. The smallest absolute Gasteiger partial charge is 0.258 e. The van der Waals surface area contributed by atoms with Crippen molar-refractivity contribution in [3.05, 3.63) is 44.7 Å². The molecule has 2 aliphatic rings. The summed E-state index contributed by atoms with van der Waals surface area (Å²) in [6, 6.07) is 5.16. The van der Waals surface area contributed by atoms with E-state index in [1.807, 2.05) is 11.8 Å². The normalized spacial score (nSPS) is 21.0. The van der Waals surface area contributed by atoms with Crippen LogP contribution in [0.5, 0.6) is 0 Å². The number of carbonyl (C=O) groups excluding carboxylic acids is 2. The first-order chi connectivity index (χ1) is 14.3. The van der Waals surface area contributed by atoms with Crippen LogP contribution >= 0.6 is 11.6 Å². The number of aromatic amines is 1. The van der Waals surface area contributed by atoms with E-state index in [2.05, 4.69) is 27.5 Å². The number of amides is 2. The van der Waals surface area contributed by atoms with E-state index in [0.29, 0.717) is 22.6 Å². The van der Waals surface area contributed by atoms with E-state index in [1.165, 1.54) is 0 Å². The van der Waals surface area contributed by atoms with Gasteiger partial charge in [0.1, 0.15) is 5.82 Å². The molecule has 3 N–H and O–H groups in total. The van der Waals surface area contributed by atoms with E-state index in [9.17, 15) is 14.4 Å². The fourth-order valence-electron chi connectivity index (χ4n) is 4.01. The number of aryl methyl sites for hydroxylation is 1. The van der Waals surface area contributed by atoms with Crippen molar-refractivity contribution in [2.24, 2.45) is 5.92 Å². The number of anilines is 3. The van der Waals surface area contributed by atoms with Crippen molar-refractivity contribution in [1.29, 1.82) is 0 Å². The van der Waals surface area contributed by atoms with E-state index in [0.717, 1.165) is 31.5 Å². The van der Waals surface area contributed by atoms with Crippen molar-refractivity contribution >= 4 is 40.9 Å². The average Bonchev–Trinajstić information content (AvgIpc) is 2.69. The predicted octanol–water partition coefficient (Wildman–Crippen LogP) is 3.03. The number of nitrogens with one attached hydrogen (secondary N) is 3. The molecule has 1 aromatic heterocycles. The topological polar surface area (TPSA) is 107 Å². The van der Waals surface area contributed by atoms with Gasteiger partial charge >= 0.3 is 0 Å². The highest BCUT2D eigenvalue weighted by molar-refractivity contribution is 6.31. The molecule has 30 heavy (non-hydrogen) atoms. The first-order valence-corrected chi connectivity index (χ1v) is 10.5. The molecule has 0 radical (unpaired) electrons. The Morgan fingerprint density at radius 2 is 2.13 bits per heavy atom. The minimum absolute atomic E-state index is 0.122. The van der Waals surface area contributed by atoms with Gasteiger partial charge in [-0.3, -0.25) is 19.4 Å². The monoisotopic (exact) mass is 429 g/mol. The van der Waals surface area contributed by atoms with E-state index < -0.39 is 17.4 Å². The number of nitrogens with zero attached hydrogens (tertiary/aromatic N) is 2. The van der Waals surface area contributed by atoms with Gasteiger partial charge in [-0.15, -0.1) is 0 Å². The third-order valence-electron chi connectivity index (χ3n) is 5.65. The van der Waals surface area contributed by atoms with Gasteiger partial charge in [0.25, 0.3) is 5.56 Å². The van der Waals surface area contributed by atoms with Gasteiger partial charge in [0.2, 0.25) is 17.8 Å². The lowest BCUT2D eigenvalue weighted by molar-refractivity contribution is -0.123. The molecule has 2 atom stereocenters. The van der Waals surface area contributed by atoms with Crippen molar-refractivity contribution in [3.63, 3.8) is 0 Å². The largest absolute Gasteiger partial charge is 0.342 e. The zero-order valence-corrected chi connectivity index (χ0v) is 17.7. The van der Waals surface area contributed by atoms with Crippen LogP contribution in [-0.2, 0) is 9.59 Å². The SMILES string of the molecule is Cc1ccc(NC(=O)[C@H]2CC(=O)Nc3nc(N4CCC[C@H](C)C4)[nH]c(=O)c32)cc1Cl. The molecular formula is C21H24ClN5O3. The quantitative estimate of drug-likeness (QED) is 0.695. The van der Waals surface area contributed by atoms with Crippen LogP contribution < -0.4 is 21.1 Å².